The molecule has 1 N–H and O–H groups in total. The van der Waals surface area contributed by atoms with Crippen molar-refractivity contribution in [2.75, 3.05) is 13.1 Å². The average molecular weight is 195 g/mol. The molecule has 0 bridgehead atoms. The molecule has 0 spiro atoms. The van der Waals surface area contributed by atoms with Crippen molar-refractivity contribution in [2.24, 2.45) is 0 Å². The lowest BCUT2D eigenvalue weighted by Gasteiger charge is -2.18. The standard InChI is InChI=1S/C9H13N3O2/c1-6(13)9-11-8(12-14-9)7-2-4-10-5-3-7/h7,10H,2-5H2,1H3. The molecular formula is C9H13N3O2. The second kappa shape index (κ2) is 3.88. The van der Waals surface area contributed by atoms with Crippen LogP contribution in [0.3, 0.4) is 0 Å². The summed E-state index contributed by atoms with van der Waals surface area (Å²) in [5.41, 5.74) is 0. The van der Waals surface area contributed by atoms with Crippen molar-refractivity contribution in [3.63, 3.8) is 0 Å². The average Bonchev–Trinajstić information content (AvgIpc) is 2.68. The number of carbonyl (C=O) groups is 1. The third-order valence-corrected chi connectivity index (χ3v) is 2.45. The van der Waals surface area contributed by atoms with Gasteiger partial charge in [-0.1, -0.05) is 5.16 Å². The fraction of sp³-hybridized carbons (Fsp3) is 0.667. The Morgan fingerprint density at radius 1 is 1.50 bits per heavy atom. The Labute approximate surface area is 81.9 Å². The first-order valence-electron chi connectivity index (χ1n) is 4.82. The number of ketones is 1. The molecule has 5 heteroatoms. The van der Waals surface area contributed by atoms with Crippen LogP contribution < -0.4 is 5.32 Å². The van der Waals surface area contributed by atoms with Crippen LogP contribution in [0, 0.1) is 0 Å². The van der Waals surface area contributed by atoms with E-state index in [4.69, 9.17) is 4.52 Å². The SMILES string of the molecule is CC(=O)c1nc(C2CCNCC2)no1. The molecule has 0 radical (unpaired) electrons. The van der Waals surface area contributed by atoms with Crippen LogP contribution in [0.25, 0.3) is 0 Å². The highest BCUT2D eigenvalue weighted by Gasteiger charge is 2.21. The molecule has 14 heavy (non-hydrogen) atoms. The van der Waals surface area contributed by atoms with Crippen LogP contribution in [-0.4, -0.2) is 29.0 Å². The molecule has 1 aliphatic heterocycles. The molecule has 0 aliphatic carbocycles. The van der Waals surface area contributed by atoms with E-state index in [1.54, 1.807) is 0 Å². The van der Waals surface area contributed by atoms with Gasteiger partial charge in [0.1, 0.15) is 0 Å². The highest BCUT2D eigenvalue weighted by Crippen LogP contribution is 2.22. The van der Waals surface area contributed by atoms with Crippen LogP contribution in [0.15, 0.2) is 4.52 Å². The molecule has 0 amide bonds. The van der Waals surface area contributed by atoms with Crippen molar-refractivity contribution < 1.29 is 9.32 Å². The molecule has 5 nitrogen and oxygen atoms in total. The summed E-state index contributed by atoms with van der Waals surface area (Å²) in [5.74, 6) is 0.973. The summed E-state index contributed by atoms with van der Waals surface area (Å²) in [6, 6.07) is 0. The van der Waals surface area contributed by atoms with E-state index in [-0.39, 0.29) is 11.7 Å². The summed E-state index contributed by atoms with van der Waals surface area (Å²) in [5, 5.41) is 7.09. The Hall–Kier alpha value is -1.23. The van der Waals surface area contributed by atoms with E-state index in [9.17, 15) is 4.79 Å². The molecule has 2 heterocycles. The van der Waals surface area contributed by atoms with Crippen LogP contribution in [-0.2, 0) is 0 Å². The first kappa shape index (κ1) is 9.33. The van der Waals surface area contributed by atoms with Gasteiger partial charge in [0.2, 0.25) is 5.78 Å². The minimum absolute atomic E-state index is 0.124. The fourth-order valence-corrected chi connectivity index (χ4v) is 1.62. The Balaban J connectivity index is 2.11. The Bertz CT molecular complexity index is 329. The number of Topliss-reactive ketones (excluding diaryl/α,β-unsaturated/α-hetero) is 1. The van der Waals surface area contributed by atoms with Gasteiger partial charge in [-0.05, 0) is 25.9 Å². The Morgan fingerprint density at radius 2 is 2.21 bits per heavy atom. The van der Waals surface area contributed by atoms with E-state index in [2.05, 4.69) is 15.5 Å². The zero-order valence-electron chi connectivity index (χ0n) is 8.12. The third kappa shape index (κ3) is 1.82. The zero-order chi connectivity index (χ0) is 9.97. The topological polar surface area (TPSA) is 68.0 Å². The molecule has 0 atom stereocenters. The predicted molar refractivity (Wildman–Crippen MR) is 49.1 cm³/mol. The minimum atomic E-state index is -0.169. The number of nitrogens with one attached hydrogen (secondary N) is 1. The van der Waals surface area contributed by atoms with Gasteiger partial charge in [-0.15, -0.1) is 0 Å². The van der Waals surface area contributed by atoms with E-state index in [0.29, 0.717) is 11.7 Å². The first-order chi connectivity index (χ1) is 6.77. The van der Waals surface area contributed by atoms with E-state index in [1.807, 2.05) is 0 Å². The van der Waals surface area contributed by atoms with Gasteiger partial charge in [0.15, 0.2) is 5.82 Å². The summed E-state index contributed by atoms with van der Waals surface area (Å²) in [7, 11) is 0. The zero-order valence-corrected chi connectivity index (χ0v) is 8.12. The Morgan fingerprint density at radius 3 is 2.79 bits per heavy atom. The van der Waals surface area contributed by atoms with Crippen LogP contribution in [0.2, 0.25) is 0 Å². The summed E-state index contributed by atoms with van der Waals surface area (Å²) < 4.78 is 4.85. The molecule has 1 aromatic heterocycles. The van der Waals surface area contributed by atoms with Crippen LogP contribution in [0.1, 0.15) is 42.2 Å². The third-order valence-electron chi connectivity index (χ3n) is 2.45. The molecule has 1 fully saturated rings. The molecule has 0 unspecified atom stereocenters. The molecule has 0 saturated carbocycles. The van der Waals surface area contributed by atoms with Crippen molar-refractivity contribution in [2.45, 2.75) is 25.7 Å². The molecule has 2 rings (SSSR count). The van der Waals surface area contributed by atoms with Crippen molar-refractivity contribution in [1.29, 1.82) is 0 Å². The molecular weight excluding hydrogens is 182 g/mol. The van der Waals surface area contributed by atoms with E-state index in [1.165, 1.54) is 6.92 Å². The second-order valence-electron chi connectivity index (χ2n) is 3.54. The highest BCUT2D eigenvalue weighted by atomic mass is 16.5. The van der Waals surface area contributed by atoms with Gasteiger partial charge in [-0.2, -0.15) is 4.98 Å². The molecule has 1 aliphatic rings. The van der Waals surface area contributed by atoms with Gasteiger partial charge in [-0.25, -0.2) is 0 Å². The van der Waals surface area contributed by atoms with Crippen molar-refractivity contribution >= 4 is 5.78 Å². The largest absolute Gasteiger partial charge is 0.331 e. The van der Waals surface area contributed by atoms with Crippen molar-refractivity contribution in [3.8, 4) is 0 Å². The van der Waals surface area contributed by atoms with E-state index < -0.39 is 0 Å². The van der Waals surface area contributed by atoms with Gasteiger partial charge in [0.25, 0.3) is 5.89 Å². The lowest BCUT2D eigenvalue weighted by atomic mass is 9.98. The maximum atomic E-state index is 10.9. The van der Waals surface area contributed by atoms with Gasteiger partial charge in [0, 0.05) is 12.8 Å². The van der Waals surface area contributed by atoms with Crippen molar-refractivity contribution in [3.05, 3.63) is 11.7 Å². The number of hydrogen-bond acceptors (Lipinski definition) is 5. The smallest absolute Gasteiger partial charge is 0.293 e. The maximum absolute atomic E-state index is 10.9. The predicted octanol–water partition coefficient (Wildman–Crippen LogP) is 0.739. The number of carbonyl (C=O) groups excluding carboxylic acids is 1. The number of hydrogen-bond donors (Lipinski definition) is 1. The summed E-state index contributed by atoms with van der Waals surface area (Å²) in [6.07, 6.45) is 2.02. The minimum Gasteiger partial charge on any atom is -0.331 e. The van der Waals surface area contributed by atoms with Crippen LogP contribution in [0.5, 0.6) is 0 Å². The number of aromatic nitrogens is 2. The van der Waals surface area contributed by atoms with Crippen LogP contribution >= 0.6 is 0 Å². The number of piperidine rings is 1. The molecule has 76 valence electrons. The Kier molecular flexibility index (Phi) is 2.58. The highest BCUT2D eigenvalue weighted by molar-refractivity contribution is 5.89. The summed E-state index contributed by atoms with van der Waals surface area (Å²) in [6.45, 7) is 3.39. The van der Waals surface area contributed by atoms with Gasteiger partial charge >= 0.3 is 0 Å². The monoisotopic (exact) mass is 195 g/mol. The normalized spacial score (nSPS) is 18.4. The van der Waals surface area contributed by atoms with Crippen LogP contribution in [0.4, 0.5) is 0 Å². The fourth-order valence-electron chi connectivity index (χ4n) is 1.62. The van der Waals surface area contributed by atoms with E-state index >= 15 is 0 Å². The number of nitrogens with zero attached hydrogens (tertiary/aromatic N) is 2. The lowest BCUT2D eigenvalue weighted by Crippen LogP contribution is -2.27. The maximum Gasteiger partial charge on any atom is 0.293 e. The first-order valence-corrected chi connectivity index (χ1v) is 4.82. The molecule has 1 aromatic rings. The van der Waals surface area contributed by atoms with Gasteiger partial charge in [0.05, 0.1) is 0 Å². The summed E-state index contributed by atoms with van der Waals surface area (Å²) in [4.78, 5) is 15.0. The second-order valence-corrected chi connectivity index (χ2v) is 3.54. The number of rotatable bonds is 2. The van der Waals surface area contributed by atoms with E-state index in [0.717, 1.165) is 25.9 Å². The lowest BCUT2D eigenvalue weighted by molar-refractivity contribution is 0.0972. The molecule has 1 saturated heterocycles. The van der Waals surface area contributed by atoms with Gasteiger partial charge in [-0.3, -0.25) is 4.79 Å². The van der Waals surface area contributed by atoms with Gasteiger partial charge < -0.3 is 9.84 Å². The molecule has 0 aromatic carbocycles. The van der Waals surface area contributed by atoms with Crippen molar-refractivity contribution in [1.82, 2.24) is 15.5 Å². The quantitative estimate of drug-likeness (QED) is 0.705. The summed E-state index contributed by atoms with van der Waals surface area (Å²) >= 11 is 0.